The number of aromatic nitrogens is 2. The first-order chi connectivity index (χ1) is 11.4. The van der Waals surface area contributed by atoms with Crippen molar-refractivity contribution in [3.8, 4) is 0 Å². The van der Waals surface area contributed by atoms with Gasteiger partial charge in [-0.15, -0.1) is 0 Å². The summed E-state index contributed by atoms with van der Waals surface area (Å²) in [7, 11) is 0. The van der Waals surface area contributed by atoms with Gasteiger partial charge in [-0.2, -0.15) is 0 Å². The maximum atomic E-state index is 12.3. The normalized spacial score (nSPS) is 12.1. The van der Waals surface area contributed by atoms with Gasteiger partial charge in [0.25, 0.3) is 5.91 Å². The number of amides is 1. The molecule has 124 valence electrons. The maximum Gasteiger partial charge on any atom is 0.341 e. The van der Waals surface area contributed by atoms with Crippen molar-refractivity contribution in [2.75, 3.05) is 5.32 Å². The third-order valence-electron chi connectivity index (χ3n) is 3.39. The number of hydrogen-bond acceptors (Lipinski definition) is 5. The van der Waals surface area contributed by atoms with Gasteiger partial charge < -0.3 is 14.2 Å². The lowest BCUT2D eigenvalue weighted by molar-refractivity contribution is -0.123. The molecule has 7 nitrogen and oxygen atoms in total. The molecule has 0 saturated carbocycles. The van der Waals surface area contributed by atoms with E-state index in [9.17, 15) is 9.59 Å². The van der Waals surface area contributed by atoms with Crippen LogP contribution in [0.5, 0.6) is 0 Å². The second kappa shape index (κ2) is 6.48. The number of aryl methyl sites for hydroxylation is 1. The predicted molar refractivity (Wildman–Crippen MR) is 90.7 cm³/mol. The average molecular weight is 392 g/mol. The average Bonchev–Trinajstić information content (AvgIpc) is 3.12. The van der Waals surface area contributed by atoms with Crippen molar-refractivity contribution in [1.29, 1.82) is 0 Å². The first-order valence-corrected chi connectivity index (χ1v) is 7.95. The Morgan fingerprint density at radius 1 is 1.38 bits per heavy atom. The highest BCUT2D eigenvalue weighted by Crippen LogP contribution is 2.23. The molecule has 24 heavy (non-hydrogen) atoms. The lowest BCUT2D eigenvalue weighted by Gasteiger charge is -2.11. The van der Waals surface area contributed by atoms with Gasteiger partial charge in [0.05, 0.1) is 11.3 Å². The molecule has 8 heteroatoms. The summed E-state index contributed by atoms with van der Waals surface area (Å²) in [4.78, 5) is 27.4. The summed E-state index contributed by atoms with van der Waals surface area (Å²) < 4.78 is 11.0. The second-order valence-corrected chi connectivity index (χ2v) is 6.18. The third kappa shape index (κ3) is 3.33. The van der Waals surface area contributed by atoms with E-state index in [0.29, 0.717) is 16.6 Å². The van der Waals surface area contributed by atoms with E-state index in [1.165, 1.54) is 6.92 Å². The van der Waals surface area contributed by atoms with Crippen molar-refractivity contribution in [1.82, 2.24) is 10.1 Å². The van der Waals surface area contributed by atoms with E-state index in [4.69, 9.17) is 9.26 Å². The van der Waals surface area contributed by atoms with Crippen molar-refractivity contribution in [3.63, 3.8) is 0 Å². The summed E-state index contributed by atoms with van der Waals surface area (Å²) in [5, 5.41) is 6.88. The Morgan fingerprint density at radius 2 is 2.17 bits per heavy atom. The summed E-state index contributed by atoms with van der Waals surface area (Å²) >= 11 is 3.37. The molecular formula is C16H14BrN3O4. The van der Waals surface area contributed by atoms with Crippen molar-refractivity contribution in [2.45, 2.75) is 20.0 Å². The molecule has 0 aliphatic heterocycles. The molecule has 1 aromatic carbocycles. The topological polar surface area (TPSA) is 97.2 Å². The number of carbonyl (C=O) groups is 2. The van der Waals surface area contributed by atoms with Crippen LogP contribution in [-0.2, 0) is 9.53 Å². The van der Waals surface area contributed by atoms with Crippen LogP contribution in [0.3, 0.4) is 0 Å². The number of nitrogens with zero attached hydrogens (tertiary/aromatic N) is 1. The monoisotopic (exact) mass is 391 g/mol. The van der Waals surface area contributed by atoms with E-state index < -0.39 is 18.0 Å². The van der Waals surface area contributed by atoms with Crippen LogP contribution in [0.25, 0.3) is 10.9 Å². The largest absolute Gasteiger partial charge is 0.449 e. The van der Waals surface area contributed by atoms with Crippen LogP contribution in [-0.4, -0.2) is 28.1 Å². The minimum absolute atomic E-state index is 0.205. The lowest BCUT2D eigenvalue weighted by atomic mass is 10.2. The van der Waals surface area contributed by atoms with Gasteiger partial charge in [-0.3, -0.25) is 10.1 Å². The van der Waals surface area contributed by atoms with Crippen LogP contribution in [0.15, 0.2) is 39.5 Å². The third-order valence-corrected chi connectivity index (χ3v) is 3.88. The van der Waals surface area contributed by atoms with E-state index in [2.05, 4.69) is 31.4 Å². The molecule has 1 amide bonds. The minimum atomic E-state index is -0.986. The number of H-pyrrole nitrogens is 1. The fourth-order valence-electron chi connectivity index (χ4n) is 2.18. The minimum Gasteiger partial charge on any atom is -0.449 e. The first kappa shape index (κ1) is 16.3. The van der Waals surface area contributed by atoms with Crippen LogP contribution in [0.4, 0.5) is 5.88 Å². The number of fused-ring (bicyclic) bond motifs is 1. The standard InChI is InChI=1S/C16H14BrN3O4/c1-8-5-14(24-20-8)19-15(21)9(2)23-16(22)12-7-18-13-4-3-10(17)6-11(12)13/h3-7,9,18H,1-2H3,(H,19,21). The number of ether oxygens (including phenoxy) is 1. The van der Waals surface area contributed by atoms with Crippen LogP contribution >= 0.6 is 15.9 Å². The molecule has 0 radical (unpaired) electrons. The van der Waals surface area contributed by atoms with Crippen LogP contribution in [0.1, 0.15) is 23.0 Å². The van der Waals surface area contributed by atoms with Gasteiger partial charge in [0.1, 0.15) is 0 Å². The number of hydrogen-bond donors (Lipinski definition) is 2. The highest BCUT2D eigenvalue weighted by atomic mass is 79.9. The molecule has 0 bridgehead atoms. The molecule has 3 aromatic rings. The molecule has 2 aromatic heterocycles. The molecule has 3 rings (SSSR count). The second-order valence-electron chi connectivity index (χ2n) is 5.26. The van der Waals surface area contributed by atoms with Gasteiger partial charge in [-0.05, 0) is 32.0 Å². The summed E-state index contributed by atoms with van der Waals surface area (Å²) in [6, 6.07) is 7.09. The Kier molecular flexibility index (Phi) is 4.39. The Labute approximate surface area is 145 Å². The highest BCUT2D eigenvalue weighted by Gasteiger charge is 2.22. The van der Waals surface area contributed by atoms with Crippen LogP contribution < -0.4 is 5.32 Å². The van der Waals surface area contributed by atoms with Crippen LogP contribution in [0, 0.1) is 6.92 Å². The Hall–Kier alpha value is -2.61. The fraction of sp³-hybridized carbons (Fsp3) is 0.188. The van der Waals surface area contributed by atoms with E-state index >= 15 is 0 Å². The Balaban J connectivity index is 1.71. The number of halogens is 1. The number of esters is 1. The predicted octanol–water partition coefficient (Wildman–Crippen LogP) is 3.41. The zero-order valence-corrected chi connectivity index (χ0v) is 14.5. The van der Waals surface area contributed by atoms with Gasteiger partial charge in [0, 0.05) is 27.6 Å². The Bertz CT molecular complexity index is 915. The smallest absolute Gasteiger partial charge is 0.341 e. The zero-order chi connectivity index (χ0) is 17.3. The molecule has 0 spiro atoms. The number of aromatic amines is 1. The van der Waals surface area contributed by atoms with Crippen molar-refractivity contribution >= 4 is 44.6 Å². The molecule has 0 aliphatic rings. The molecule has 0 aliphatic carbocycles. The molecular weight excluding hydrogens is 378 g/mol. The lowest BCUT2D eigenvalue weighted by Crippen LogP contribution is -2.29. The molecule has 2 heterocycles. The summed E-state index contributed by atoms with van der Waals surface area (Å²) in [6.45, 7) is 3.22. The number of nitrogens with one attached hydrogen (secondary N) is 2. The summed E-state index contributed by atoms with van der Waals surface area (Å²) in [5.41, 5.74) is 1.81. The SMILES string of the molecule is Cc1cc(NC(=O)C(C)OC(=O)c2c[nH]c3ccc(Br)cc23)on1. The number of rotatable bonds is 4. The van der Waals surface area contributed by atoms with Crippen molar-refractivity contribution in [2.24, 2.45) is 0 Å². The molecule has 2 N–H and O–H groups in total. The maximum absolute atomic E-state index is 12.3. The Morgan fingerprint density at radius 3 is 2.88 bits per heavy atom. The van der Waals surface area contributed by atoms with Gasteiger partial charge in [-0.1, -0.05) is 21.1 Å². The van der Waals surface area contributed by atoms with E-state index in [0.717, 1.165) is 9.99 Å². The van der Waals surface area contributed by atoms with Crippen molar-refractivity contribution in [3.05, 3.63) is 46.2 Å². The molecule has 0 saturated heterocycles. The van der Waals surface area contributed by atoms with Crippen LogP contribution in [0.2, 0.25) is 0 Å². The van der Waals surface area contributed by atoms with Gasteiger partial charge in [-0.25, -0.2) is 4.79 Å². The van der Waals surface area contributed by atoms with Gasteiger partial charge in [0.15, 0.2) is 6.10 Å². The molecule has 1 unspecified atom stereocenters. The highest BCUT2D eigenvalue weighted by molar-refractivity contribution is 9.10. The van der Waals surface area contributed by atoms with Gasteiger partial charge >= 0.3 is 5.97 Å². The number of carbonyl (C=O) groups excluding carboxylic acids is 2. The number of benzene rings is 1. The summed E-state index contributed by atoms with van der Waals surface area (Å²) in [5.74, 6) is -0.882. The number of anilines is 1. The van der Waals surface area contributed by atoms with Gasteiger partial charge in [0.2, 0.25) is 5.88 Å². The van der Waals surface area contributed by atoms with E-state index in [1.807, 2.05) is 18.2 Å². The molecule has 0 fully saturated rings. The summed E-state index contributed by atoms with van der Waals surface area (Å²) in [6.07, 6.45) is 0.573. The first-order valence-electron chi connectivity index (χ1n) is 7.16. The van der Waals surface area contributed by atoms with Crippen molar-refractivity contribution < 1.29 is 18.8 Å². The van der Waals surface area contributed by atoms with E-state index in [1.54, 1.807) is 19.2 Å². The zero-order valence-electron chi connectivity index (χ0n) is 12.9. The molecule has 1 atom stereocenters. The quantitative estimate of drug-likeness (QED) is 0.664. The fourth-order valence-corrected chi connectivity index (χ4v) is 2.55. The van der Waals surface area contributed by atoms with E-state index in [-0.39, 0.29) is 5.88 Å².